The van der Waals surface area contributed by atoms with Crippen molar-refractivity contribution in [2.75, 3.05) is 6.61 Å². The number of aliphatic hydroxyl groups is 1. The SMILES string of the molecule is OC1(C2=CCCCO2)CCCC(C2CC2)C1. The maximum atomic E-state index is 10.7. The molecule has 16 heavy (non-hydrogen) atoms. The Balaban J connectivity index is 1.72. The molecule has 0 spiro atoms. The van der Waals surface area contributed by atoms with Gasteiger partial charge < -0.3 is 9.84 Å². The van der Waals surface area contributed by atoms with E-state index in [2.05, 4.69) is 6.08 Å². The van der Waals surface area contributed by atoms with Crippen molar-refractivity contribution in [2.24, 2.45) is 11.8 Å². The van der Waals surface area contributed by atoms with E-state index in [1.54, 1.807) is 0 Å². The van der Waals surface area contributed by atoms with E-state index in [-0.39, 0.29) is 0 Å². The lowest BCUT2D eigenvalue weighted by atomic mass is 9.74. The van der Waals surface area contributed by atoms with Gasteiger partial charge in [0.1, 0.15) is 11.4 Å². The molecule has 2 atom stereocenters. The van der Waals surface area contributed by atoms with E-state index >= 15 is 0 Å². The molecule has 2 fully saturated rings. The number of ether oxygens (including phenoxy) is 1. The third kappa shape index (κ3) is 2.00. The molecule has 0 radical (unpaired) electrons. The lowest BCUT2D eigenvalue weighted by molar-refractivity contribution is -0.0398. The van der Waals surface area contributed by atoms with E-state index in [4.69, 9.17) is 4.74 Å². The van der Waals surface area contributed by atoms with Gasteiger partial charge in [-0.25, -0.2) is 0 Å². The van der Waals surface area contributed by atoms with Gasteiger partial charge in [-0.3, -0.25) is 0 Å². The first-order chi connectivity index (χ1) is 7.78. The Morgan fingerprint density at radius 3 is 2.75 bits per heavy atom. The molecular formula is C14H22O2. The van der Waals surface area contributed by atoms with Crippen LogP contribution in [0, 0.1) is 11.8 Å². The highest BCUT2D eigenvalue weighted by atomic mass is 16.5. The van der Waals surface area contributed by atoms with Crippen molar-refractivity contribution >= 4 is 0 Å². The van der Waals surface area contributed by atoms with E-state index in [0.717, 1.165) is 49.9 Å². The van der Waals surface area contributed by atoms with Gasteiger partial charge in [0.05, 0.1) is 6.61 Å². The highest BCUT2D eigenvalue weighted by Gasteiger charge is 2.44. The van der Waals surface area contributed by atoms with Crippen LogP contribution in [-0.2, 0) is 4.74 Å². The summed E-state index contributed by atoms with van der Waals surface area (Å²) in [7, 11) is 0. The molecule has 2 nitrogen and oxygen atoms in total. The van der Waals surface area contributed by atoms with E-state index in [9.17, 15) is 5.11 Å². The van der Waals surface area contributed by atoms with Crippen LogP contribution in [0.3, 0.4) is 0 Å². The van der Waals surface area contributed by atoms with Crippen LogP contribution in [0.25, 0.3) is 0 Å². The van der Waals surface area contributed by atoms with Crippen LogP contribution in [0.1, 0.15) is 51.4 Å². The lowest BCUT2D eigenvalue weighted by Crippen LogP contribution is -2.39. The smallest absolute Gasteiger partial charge is 0.124 e. The number of hydrogen-bond donors (Lipinski definition) is 1. The Hall–Kier alpha value is -0.500. The van der Waals surface area contributed by atoms with Gasteiger partial charge in [-0.05, 0) is 69.3 Å². The second kappa shape index (κ2) is 4.06. The third-order valence-corrected chi connectivity index (χ3v) is 4.45. The summed E-state index contributed by atoms with van der Waals surface area (Å²) in [5.41, 5.74) is -0.619. The Kier molecular flexibility index (Phi) is 2.70. The molecule has 2 unspecified atom stereocenters. The lowest BCUT2D eigenvalue weighted by Gasteiger charge is -2.39. The molecule has 1 aliphatic heterocycles. The Morgan fingerprint density at radius 1 is 1.19 bits per heavy atom. The number of allylic oxidation sites excluding steroid dienone is 1. The summed E-state index contributed by atoms with van der Waals surface area (Å²) in [6, 6.07) is 0. The maximum absolute atomic E-state index is 10.7. The zero-order chi connectivity index (χ0) is 11.0. The van der Waals surface area contributed by atoms with Gasteiger partial charge >= 0.3 is 0 Å². The second-order valence-corrected chi connectivity index (χ2v) is 5.78. The molecule has 1 N–H and O–H groups in total. The predicted molar refractivity (Wildman–Crippen MR) is 62.9 cm³/mol. The molecule has 0 amide bonds. The molecule has 2 aliphatic carbocycles. The fourth-order valence-corrected chi connectivity index (χ4v) is 3.37. The summed E-state index contributed by atoms with van der Waals surface area (Å²) in [6.07, 6.45) is 11.4. The number of hydrogen-bond acceptors (Lipinski definition) is 2. The van der Waals surface area contributed by atoms with Crippen LogP contribution in [0.4, 0.5) is 0 Å². The van der Waals surface area contributed by atoms with Crippen molar-refractivity contribution in [3.63, 3.8) is 0 Å². The van der Waals surface area contributed by atoms with Gasteiger partial charge in [0.2, 0.25) is 0 Å². The normalized spacial score (nSPS) is 40.1. The molecule has 3 aliphatic rings. The zero-order valence-corrected chi connectivity index (χ0v) is 9.95. The Morgan fingerprint density at radius 2 is 2.06 bits per heavy atom. The molecule has 2 saturated carbocycles. The summed E-state index contributed by atoms with van der Waals surface area (Å²) in [6.45, 7) is 0.794. The van der Waals surface area contributed by atoms with Crippen molar-refractivity contribution < 1.29 is 9.84 Å². The predicted octanol–water partition coefficient (Wildman–Crippen LogP) is 3.01. The topological polar surface area (TPSA) is 29.5 Å². The van der Waals surface area contributed by atoms with E-state index in [1.165, 1.54) is 25.7 Å². The van der Waals surface area contributed by atoms with Crippen LogP contribution in [-0.4, -0.2) is 17.3 Å². The monoisotopic (exact) mass is 222 g/mol. The van der Waals surface area contributed by atoms with Crippen molar-refractivity contribution in [1.82, 2.24) is 0 Å². The average Bonchev–Trinajstić information content (AvgIpc) is 3.14. The molecule has 90 valence electrons. The molecule has 2 heteroatoms. The largest absolute Gasteiger partial charge is 0.495 e. The molecule has 0 aromatic heterocycles. The van der Waals surface area contributed by atoms with Crippen molar-refractivity contribution in [3.05, 3.63) is 11.8 Å². The standard InChI is InChI=1S/C14H22O2/c15-14(13-5-1-2-9-16-13)8-3-4-12(10-14)11-6-7-11/h5,11-12,15H,1-4,6-10H2. The summed E-state index contributed by atoms with van der Waals surface area (Å²) >= 11 is 0. The fourth-order valence-electron chi connectivity index (χ4n) is 3.37. The fraction of sp³-hybridized carbons (Fsp3) is 0.857. The molecule has 1 heterocycles. The molecule has 0 aromatic carbocycles. The second-order valence-electron chi connectivity index (χ2n) is 5.78. The Bertz CT molecular complexity index is 293. The molecular weight excluding hydrogens is 200 g/mol. The van der Waals surface area contributed by atoms with Gasteiger partial charge in [0, 0.05) is 0 Å². The van der Waals surface area contributed by atoms with Crippen molar-refractivity contribution in [3.8, 4) is 0 Å². The highest BCUT2D eigenvalue weighted by Crippen LogP contribution is 2.48. The van der Waals surface area contributed by atoms with Crippen LogP contribution < -0.4 is 0 Å². The minimum absolute atomic E-state index is 0.619. The minimum Gasteiger partial charge on any atom is -0.495 e. The minimum atomic E-state index is -0.619. The molecule has 0 bridgehead atoms. The summed E-state index contributed by atoms with van der Waals surface area (Å²) in [5.74, 6) is 2.56. The zero-order valence-electron chi connectivity index (χ0n) is 9.95. The summed E-state index contributed by atoms with van der Waals surface area (Å²) < 4.78 is 5.68. The first kappa shape index (κ1) is 10.6. The molecule has 3 rings (SSSR count). The van der Waals surface area contributed by atoms with Gasteiger partial charge in [0.25, 0.3) is 0 Å². The van der Waals surface area contributed by atoms with E-state index in [0.29, 0.717) is 0 Å². The van der Waals surface area contributed by atoms with Gasteiger partial charge in [-0.2, -0.15) is 0 Å². The summed E-state index contributed by atoms with van der Waals surface area (Å²) in [5, 5.41) is 10.7. The van der Waals surface area contributed by atoms with Gasteiger partial charge in [0.15, 0.2) is 0 Å². The van der Waals surface area contributed by atoms with E-state index < -0.39 is 5.60 Å². The number of rotatable bonds is 2. The molecule has 0 aromatic rings. The van der Waals surface area contributed by atoms with Crippen LogP contribution in [0.5, 0.6) is 0 Å². The maximum Gasteiger partial charge on any atom is 0.124 e. The van der Waals surface area contributed by atoms with Gasteiger partial charge in [-0.15, -0.1) is 0 Å². The van der Waals surface area contributed by atoms with Crippen molar-refractivity contribution in [2.45, 2.75) is 57.0 Å². The third-order valence-electron chi connectivity index (χ3n) is 4.45. The average molecular weight is 222 g/mol. The van der Waals surface area contributed by atoms with Crippen LogP contribution in [0.15, 0.2) is 11.8 Å². The van der Waals surface area contributed by atoms with Crippen molar-refractivity contribution in [1.29, 1.82) is 0 Å². The van der Waals surface area contributed by atoms with E-state index in [1.807, 2.05) is 0 Å². The first-order valence-corrected chi connectivity index (χ1v) is 6.84. The molecule has 0 saturated heterocycles. The Labute approximate surface area is 97.7 Å². The van der Waals surface area contributed by atoms with Crippen LogP contribution in [0.2, 0.25) is 0 Å². The highest BCUT2D eigenvalue weighted by molar-refractivity contribution is 5.14. The quantitative estimate of drug-likeness (QED) is 0.778. The summed E-state index contributed by atoms with van der Waals surface area (Å²) in [4.78, 5) is 0. The van der Waals surface area contributed by atoms with Gasteiger partial charge in [-0.1, -0.05) is 0 Å². The first-order valence-electron chi connectivity index (χ1n) is 6.84. The van der Waals surface area contributed by atoms with Crippen LogP contribution >= 0.6 is 0 Å².